The molecule has 0 N–H and O–H groups in total. The lowest BCUT2D eigenvalue weighted by atomic mass is 10.2. The summed E-state index contributed by atoms with van der Waals surface area (Å²) in [7, 11) is -3.48. The van der Waals surface area contributed by atoms with Crippen LogP contribution in [-0.4, -0.2) is 34.0 Å². The van der Waals surface area contributed by atoms with E-state index >= 15 is 0 Å². The fourth-order valence-corrected chi connectivity index (χ4v) is 1.99. The number of para-hydroxylation sites is 1. The molecule has 17 heavy (non-hydrogen) atoms. The average molecular weight is 279 g/mol. The fourth-order valence-electron chi connectivity index (χ4n) is 1.38. The number of halogens is 1. The summed E-state index contributed by atoms with van der Waals surface area (Å²) in [4.78, 5) is 0. The first kappa shape index (κ1) is 12.5. The van der Waals surface area contributed by atoms with E-state index in [4.69, 9.17) is 21.1 Å². The zero-order valence-corrected chi connectivity index (χ0v) is 10.6. The van der Waals surface area contributed by atoms with E-state index in [-0.39, 0.29) is 13.2 Å². The molecule has 0 saturated heterocycles. The van der Waals surface area contributed by atoms with Gasteiger partial charge >= 0.3 is 0 Å². The number of rotatable bonds is 3. The average Bonchev–Trinajstić information content (AvgIpc) is 2.26. The van der Waals surface area contributed by atoms with Gasteiger partial charge in [0.15, 0.2) is 17.6 Å². The highest BCUT2D eigenvalue weighted by Crippen LogP contribution is 2.38. The summed E-state index contributed by atoms with van der Waals surface area (Å²) in [5, 5.41) is 0.423. The molecule has 0 amide bonds. The molecule has 0 saturated carbocycles. The predicted molar refractivity (Wildman–Crippen MR) is 62.2 cm³/mol. The van der Waals surface area contributed by atoms with Gasteiger partial charge in [0.2, 0.25) is 0 Å². The van der Waals surface area contributed by atoms with E-state index in [1.165, 1.54) is 0 Å². The first-order chi connectivity index (χ1) is 7.96. The van der Waals surface area contributed by atoms with Crippen LogP contribution in [0.4, 0.5) is 0 Å². The van der Waals surface area contributed by atoms with Crippen molar-refractivity contribution in [1.29, 1.82) is 0 Å². The van der Waals surface area contributed by atoms with Gasteiger partial charge in [-0.3, -0.25) is 4.18 Å². The van der Waals surface area contributed by atoms with Gasteiger partial charge < -0.3 is 9.47 Å². The van der Waals surface area contributed by atoms with Crippen molar-refractivity contribution in [3.8, 4) is 11.5 Å². The Kier molecular flexibility index (Phi) is 3.46. The minimum absolute atomic E-state index is 0.0938. The Hall–Kier alpha value is -0.980. The van der Waals surface area contributed by atoms with Crippen molar-refractivity contribution in [2.45, 2.75) is 6.10 Å². The normalized spacial score (nSPS) is 19.1. The van der Waals surface area contributed by atoms with Crippen LogP contribution in [0.2, 0.25) is 5.02 Å². The quantitative estimate of drug-likeness (QED) is 0.783. The fraction of sp³-hybridized carbons (Fsp3) is 0.400. The molecule has 0 fully saturated rings. The third kappa shape index (κ3) is 3.24. The number of ether oxygens (including phenoxy) is 2. The van der Waals surface area contributed by atoms with E-state index in [0.717, 1.165) is 6.26 Å². The minimum atomic E-state index is -3.48. The third-order valence-electron chi connectivity index (χ3n) is 2.11. The second-order valence-electron chi connectivity index (χ2n) is 3.61. The van der Waals surface area contributed by atoms with Gasteiger partial charge in [0.05, 0.1) is 11.3 Å². The smallest absolute Gasteiger partial charge is 0.264 e. The van der Waals surface area contributed by atoms with Gasteiger partial charge in [0.25, 0.3) is 10.1 Å². The Morgan fingerprint density at radius 3 is 3.00 bits per heavy atom. The largest absolute Gasteiger partial charge is 0.486 e. The van der Waals surface area contributed by atoms with E-state index in [1.807, 2.05) is 0 Å². The van der Waals surface area contributed by atoms with Gasteiger partial charge in [-0.05, 0) is 12.1 Å². The van der Waals surface area contributed by atoms with Crippen LogP contribution >= 0.6 is 11.6 Å². The summed E-state index contributed by atoms with van der Waals surface area (Å²) in [6.45, 7) is 0.131. The van der Waals surface area contributed by atoms with Crippen LogP contribution in [0.25, 0.3) is 0 Å². The van der Waals surface area contributed by atoms with Crippen molar-refractivity contribution in [1.82, 2.24) is 0 Å². The summed E-state index contributed by atoms with van der Waals surface area (Å²) in [6.07, 6.45) is 0.495. The van der Waals surface area contributed by atoms with Gasteiger partial charge in [0, 0.05) is 0 Å². The summed E-state index contributed by atoms with van der Waals surface area (Å²) < 4.78 is 37.2. The Bertz CT molecular complexity index is 513. The van der Waals surface area contributed by atoms with Crippen LogP contribution in [0, 0.1) is 0 Å². The molecule has 0 radical (unpaired) electrons. The minimum Gasteiger partial charge on any atom is -0.486 e. The molecule has 1 aliphatic heterocycles. The van der Waals surface area contributed by atoms with Crippen molar-refractivity contribution in [2.75, 3.05) is 19.5 Å². The predicted octanol–water partition coefficient (Wildman–Crippen LogP) is 1.46. The molecule has 5 nitrogen and oxygen atoms in total. The van der Waals surface area contributed by atoms with Crippen LogP contribution in [0.15, 0.2) is 18.2 Å². The molecule has 1 aliphatic rings. The first-order valence-electron chi connectivity index (χ1n) is 4.88. The Morgan fingerprint density at radius 1 is 1.53 bits per heavy atom. The second-order valence-corrected chi connectivity index (χ2v) is 5.66. The van der Waals surface area contributed by atoms with Gasteiger partial charge in [0.1, 0.15) is 13.2 Å². The number of hydrogen-bond acceptors (Lipinski definition) is 5. The van der Waals surface area contributed by atoms with Crippen LogP contribution in [-0.2, 0) is 14.3 Å². The Balaban J connectivity index is 2.06. The molecule has 1 aromatic rings. The molecule has 0 spiro atoms. The lowest BCUT2D eigenvalue weighted by Crippen LogP contribution is -2.34. The molecular weight excluding hydrogens is 268 g/mol. The molecule has 0 aromatic heterocycles. The standard InChI is InChI=1S/C10H11ClO5S/c1-17(12,13)15-6-7-5-14-9-4-2-3-8(11)10(9)16-7/h2-4,7H,5-6H2,1H3/t7-/m0/s1. The van der Waals surface area contributed by atoms with Crippen LogP contribution in [0.5, 0.6) is 11.5 Å². The van der Waals surface area contributed by atoms with Gasteiger partial charge in [-0.25, -0.2) is 0 Å². The second kappa shape index (κ2) is 4.72. The molecule has 0 aliphatic carbocycles. The highest BCUT2D eigenvalue weighted by molar-refractivity contribution is 7.85. The number of hydrogen-bond donors (Lipinski definition) is 0. The molecule has 0 unspecified atom stereocenters. The van der Waals surface area contributed by atoms with E-state index < -0.39 is 16.2 Å². The maximum absolute atomic E-state index is 10.8. The van der Waals surface area contributed by atoms with Crippen molar-refractivity contribution in [3.63, 3.8) is 0 Å². The number of fused-ring (bicyclic) bond motifs is 1. The lowest BCUT2D eigenvalue weighted by Gasteiger charge is -2.26. The van der Waals surface area contributed by atoms with Gasteiger partial charge in [-0.2, -0.15) is 8.42 Å². The molecule has 1 atom stereocenters. The van der Waals surface area contributed by atoms with Crippen LogP contribution in [0.1, 0.15) is 0 Å². The maximum atomic E-state index is 10.8. The maximum Gasteiger partial charge on any atom is 0.264 e. The van der Waals surface area contributed by atoms with Crippen LogP contribution in [0.3, 0.4) is 0 Å². The van der Waals surface area contributed by atoms with Crippen molar-refractivity contribution >= 4 is 21.7 Å². The zero-order valence-electron chi connectivity index (χ0n) is 9.05. The van der Waals surface area contributed by atoms with Crippen molar-refractivity contribution in [2.24, 2.45) is 0 Å². The summed E-state index contributed by atoms with van der Waals surface area (Å²) in [5.41, 5.74) is 0. The van der Waals surface area contributed by atoms with Crippen molar-refractivity contribution in [3.05, 3.63) is 23.2 Å². The molecule has 7 heteroatoms. The highest BCUT2D eigenvalue weighted by Gasteiger charge is 2.24. The van der Waals surface area contributed by atoms with Crippen LogP contribution < -0.4 is 9.47 Å². The molecule has 0 bridgehead atoms. The first-order valence-corrected chi connectivity index (χ1v) is 7.07. The lowest BCUT2D eigenvalue weighted by molar-refractivity contribution is 0.0559. The van der Waals surface area contributed by atoms with Gasteiger partial charge in [-0.15, -0.1) is 0 Å². The van der Waals surface area contributed by atoms with E-state index in [1.54, 1.807) is 18.2 Å². The third-order valence-corrected chi connectivity index (χ3v) is 2.97. The zero-order chi connectivity index (χ0) is 12.5. The van der Waals surface area contributed by atoms with E-state index in [9.17, 15) is 8.42 Å². The van der Waals surface area contributed by atoms with E-state index in [0.29, 0.717) is 16.5 Å². The monoisotopic (exact) mass is 278 g/mol. The van der Waals surface area contributed by atoms with Gasteiger partial charge in [-0.1, -0.05) is 17.7 Å². The summed E-state index contributed by atoms with van der Waals surface area (Å²) in [5.74, 6) is 0.968. The molecule has 94 valence electrons. The summed E-state index contributed by atoms with van der Waals surface area (Å²) >= 11 is 5.93. The Morgan fingerprint density at radius 2 is 2.29 bits per heavy atom. The highest BCUT2D eigenvalue weighted by atomic mass is 35.5. The molecular formula is C10H11ClO5S. The summed E-state index contributed by atoms with van der Waals surface area (Å²) in [6, 6.07) is 5.15. The number of benzene rings is 1. The molecule has 2 rings (SSSR count). The van der Waals surface area contributed by atoms with E-state index in [2.05, 4.69) is 4.18 Å². The SMILES string of the molecule is CS(=O)(=O)OC[C@@H]1COc2cccc(Cl)c2O1. The van der Waals surface area contributed by atoms with Crippen molar-refractivity contribution < 1.29 is 22.1 Å². The topological polar surface area (TPSA) is 61.8 Å². The molecule has 1 heterocycles. The Labute approximate surface area is 104 Å². The molecule has 1 aromatic carbocycles.